The van der Waals surface area contributed by atoms with Gasteiger partial charge in [-0.1, -0.05) is 0 Å². The van der Waals surface area contributed by atoms with Gasteiger partial charge in [-0.3, -0.25) is 4.90 Å². The molecular formula is C10H15F3N2O. The van der Waals surface area contributed by atoms with Crippen LogP contribution >= 0.6 is 0 Å². The average molecular weight is 236 g/mol. The third kappa shape index (κ3) is 5.77. The van der Waals surface area contributed by atoms with Gasteiger partial charge in [0.25, 0.3) is 0 Å². The van der Waals surface area contributed by atoms with Crippen molar-refractivity contribution >= 4 is 0 Å². The van der Waals surface area contributed by atoms with E-state index in [1.165, 1.54) is 11.9 Å². The molecule has 0 amide bonds. The lowest BCUT2D eigenvalue weighted by Crippen LogP contribution is -2.35. The van der Waals surface area contributed by atoms with E-state index in [2.05, 4.69) is 5.32 Å². The zero-order valence-corrected chi connectivity index (χ0v) is 9.05. The van der Waals surface area contributed by atoms with Crippen molar-refractivity contribution in [2.24, 2.45) is 0 Å². The average Bonchev–Trinajstić information content (AvgIpc) is 2.62. The summed E-state index contributed by atoms with van der Waals surface area (Å²) in [4.78, 5) is 1.24. The lowest BCUT2D eigenvalue weighted by atomic mass is 10.3. The van der Waals surface area contributed by atoms with Crippen molar-refractivity contribution in [1.82, 2.24) is 10.2 Å². The SMILES string of the molecule is CN(CCNCc1ccoc1)CC(F)(F)F. The zero-order chi connectivity index (χ0) is 12.0. The van der Waals surface area contributed by atoms with Gasteiger partial charge in [-0.2, -0.15) is 13.2 Å². The Morgan fingerprint density at radius 2 is 2.19 bits per heavy atom. The van der Waals surface area contributed by atoms with Gasteiger partial charge >= 0.3 is 6.18 Å². The molecule has 6 heteroatoms. The molecule has 92 valence electrons. The van der Waals surface area contributed by atoms with Gasteiger partial charge in [-0.15, -0.1) is 0 Å². The Kier molecular flexibility index (Phi) is 4.82. The van der Waals surface area contributed by atoms with Crippen molar-refractivity contribution < 1.29 is 17.6 Å². The molecule has 1 aromatic rings. The van der Waals surface area contributed by atoms with Gasteiger partial charge in [-0.05, 0) is 13.1 Å². The molecule has 0 spiro atoms. The van der Waals surface area contributed by atoms with Crippen LogP contribution in [0.25, 0.3) is 0 Å². The fourth-order valence-electron chi connectivity index (χ4n) is 1.28. The summed E-state index contributed by atoms with van der Waals surface area (Å²) in [6.45, 7) is 0.603. The highest BCUT2D eigenvalue weighted by Gasteiger charge is 2.28. The lowest BCUT2D eigenvalue weighted by Gasteiger charge is -2.18. The summed E-state index contributed by atoms with van der Waals surface area (Å²) in [7, 11) is 1.45. The van der Waals surface area contributed by atoms with Crippen molar-refractivity contribution in [3.8, 4) is 0 Å². The Hall–Kier alpha value is -1.01. The quantitative estimate of drug-likeness (QED) is 0.764. The maximum Gasteiger partial charge on any atom is 0.401 e. The minimum atomic E-state index is -4.13. The van der Waals surface area contributed by atoms with Crippen LogP contribution in [0.15, 0.2) is 23.0 Å². The van der Waals surface area contributed by atoms with Crippen molar-refractivity contribution in [3.05, 3.63) is 24.2 Å². The first-order chi connectivity index (χ1) is 7.47. The predicted molar refractivity (Wildman–Crippen MR) is 54.0 cm³/mol. The van der Waals surface area contributed by atoms with Gasteiger partial charge in [0.15, 0.2) is 0 Å². The standard InChI is InChI=1S/C10H15F3N2O/c1-15(8-10(11,12)13)4-3-14-6-9-2-5-16-7-9/h2,5,7,14H,3-4,6,8H2,1H3. The van der Waals surface area contributed by atoms with Crippen LogP contribution in [0.1, 0.15) is 5.56 Å². The zero-order valence-electron chi connectivity index (χ0n) is 9.05. The number of likely N-dealkylation sites (N-methyl/N-ethyl adjacent to an activating group) is 1. The van der Waals surface area contributed by atoms with E-state index in [0.717, 1.165) is 5.56 Å². The molecule has 0 aliphatic heterocycles. The highest BCUT2D eigenvalue weighted by Crippen LogP contribution is 2.14. The summed E-state index contributed by atoms with van der Waals surface area (Å²) in [5.41, 5.74) is 0.985. The Bertz CT molecular complexity index is 285. The molecule has 0 aliphatic carbocycles. The third-order valence-electron chi connectivity index (χ3n) is 2.03. The number of nitrogens with zero attached hydrogens (tertiary/aromatic N) is 1. The molecule has 0 unspecified atom stereocenters. The van der Waals surface area contributed by atoms with Crippen molar-refractivity contribution in [1.29, 1.82) is 0 Å². The van der Waals surface area contributed by atoms with Gasteiger partial charge in [0, 0.05) is 25.2 Å². The van der Waals surface area contributed by atoms with Gasteiger partial charge in [-0.25, -0.2) is 0 Å². The molecule has 3 nitrogen and oxygen atoms in total. The molecule has 0 radical (unpaired) electrons. The van der Waals surface area contributed by atoms with Gasteiger partial charge in [0.2, 0.25) is 0 Å². The maximum atomic E-state index is 12.0. The summed E-state index contributed by atoms with van der Waals surface area (Å²) < 4.78 is 40.8. The largest absolute Gasteiger partial charge is 0.472 e. The molecule has 0 aliphatic rings. The summed E-state index contributed by atoms with van der Waals surface area (Å²) in [5, 5.41) is 3.04. The minimum Gasteiger partial charge on any atom is -0.472 e. The monoisotopic (exact) mass is 236 g/mol. The van der Waals surface area contributed by atoms with E-state index in [-0.39, 0.29) is 0 Å². The summed E-state index contributed by atoms with van der Waals surface area (Å²) >= 11 is 0. The second-order valence-electron chi connectivity index (χ2n) is 3.66. The number of halogens is 3. The van der Waals surface area contributed by atoms with E-state index >= 15 is 0 Å². The topological polar surface area (TPSA) is 28.4 Å². The third-order valence-corrected chi connectivity index (χ3v) is 2.03. The van der Waals surface area contributed by atoms with E-state index in [1.807, 2.05) is 6.07 Å². The molecule has 0 bridgehead atoms. The first kappa shape index (κ1) is 13.1. The number of furan rings is 1. The maximum absolute atomic E-state index is 12.0. The molecule has 0 saturated carbocycles. The van der Waals surface area contributed by atoms with Crippen LogP contribution in [0.2, 0.25) is 0 Å². The first-order valence-electron chi connectivity index (χ1n) is 4.94. The Labute approximate surface area is 92.2 Å². The summed E-state index contributed by atoms with van der Waals surface area (Å²) in [5.74, 6) is 0. The number of hydrogen-bond acceptors (Lipinski definition) is 3. The molecule has 0 atom stereocenters. The number of hydrogen-bond donors (Lipinski definition) is 1. The molecule has 1 aromatic heterocycles. The highest BCUT2D eigenvalue weighted by atomic mass is 19.4. The fourth-order valence-corrected chi connectivity index (χ4v) is 1.28. The molecule has 16 heavy (non-hydrogen) atoms. The van der Waals surface area contributed by atoms with Gasteiger partial charge in [0.05, 0.1) is 19.1 Å². The molecule has 0 aromatic carbocycles. The Morgan fingerprint density at radius 3 is 2.75 bits per heavy atom. The normalized spacial score (nSPS) is 12.3. The minimum absolute atomic E-state index is 0.358. The van der Waals surface area contributed by atoms with Crippen LogP contribution in [-0.4, -0.2) is 37.8 Å². The lowest BCUT2D eigenvalue weighted by molar-refractivity contribution is -0.142. The van der Waals surface area contributed by atoms with Gasteiger partial charge < -0.3 is 9.73 Å². The van der Waals surface area contributed by atoms with E-state index < -0.39 is 12.7 Å². The second kappa shape index (κ2) is 5.91. The molecule has 1 N–H and O–H groups in total. The van der Waals surface area contributed by atoms with Crippen LogP contribution in [0.5, 0.6) is 0 Å². The Morgan fingerprint density at radius 1 is 1.44 bits per heavy atom. The van der Waals surface area contributed by atoms with E-state index in [0.29, 0.717) is 19.6 Å². The first-order valence-corrected chi connectivity index (χ1v) is 4.94. The van der Waals surface area contributed by atoms with Crippen LogP contribution in [0.4, 0.5) is 13.2 Å². The predicted octanol–water partition coefficient (Wildman–Crippen LogP) is 1.86. The fraction of sp³-hybridized carbons (Fsp3) is 0.600. The molecule has 0 fully saturated rings. The number of rotatable bonds is 6. The van der Waals surface area contributed by atoms with Crippen LogP contribution in [0.3, 0.4) is 0 Å². The van der Waals surface area contributed by atoms with Crippen molar-refractivity contribution in [2.75, 3.05) is 26.7 Å². The van der Waals surface area contributed by atoms with Gasteiger partial charge in [0.1, 0.15) is 0 Å². The molecule has 0 saturated heterocycles. The number of alkyl halides is 3. The smallest absolute Gasteiger partial charge is 0.401 e. The van der Waals surface area contributed by atoms with Crippen LogP contribution in [-0.2, 0) is 6.54 Å². The highest BCUT2D eigenvalue weighted by molar-refractivity contribution is 5.04. The second-order valence-corrected chi connectivity index (χ2v) is 3.66. The van der Waals surface area contributed by atoms with Crippen LogP contribution < -0.4 is 5.32 Å². The van der Waals surface area contributed by atoms with E-state index in [9.17, 15) is 13.2 Å². The van der Waals surface area contributed by atoms with E-state index in [4.69, 9.17) is 4.42 Å². The molecule has 1 rings (SSSR count). The van der Waals surface area contributed by atoms with Crippen LogP contribution in [0, 0.1) is 0 Å². The van der Waals surface area contributed by atoms with E-state index in [1.54, 1.807) is 12.5 Å². The summed E-state index contributed by atoms with van der Waals surface area (Å²) in [6.07, 6.45) is -0.960. The number of nitrogens with one attached hydrogen (secondary N) is 1. The molecule has 1 heterocycles. The molecular weight excluding hydrogens is 221 g/mol. The summed E-state index contributed by atoms with van der Waals surface area (Å²) in [6, 6.07) is 1.81. The Balaban J connectivity index is 2.07. The van der Waals surface area contributed by atoms with Crippen molar-refractivity contribution in [2.45, 2.75) is 12.7 Å². The van der Waals surface area contributed by atoms with Crippen molar-refractivity contribution in [3.63, 3.8) is 0 Å².